The minimum absolute atomic E-state index is 0.108. The third kappa shape index (κ3) is 4.21. The summed E-state index contributed by atoms with van der Waals surface area (Å²) in [6.45, 7) is 5.59. The van der Waals surface area contributed by atoms with Crippen LogP contribution in [0, 0.1) is 6.92 Å². The van der Waals surface area contributed by atoms with E-state index in [0.717, 1.165) is 0 Å². The van der Waals surface area contributed by atoms with Crippen molar-refractivity contribution in [3.05, 3.63) is 28.9 Å². The Balaban J connectivity index is 2.18. The van der Waals surface area contributed by atoms with Crippen LogP contribution in [0.25, 0.3) is 16.2 Å². The van der Waals surface area contributed by atoms with Crippen LogP contribution in [0.1, 0.15) is 31.5 Å². The van der Waals surface area contributed by atoms with E-state index in [2.05, 4.69) is 10.1 Å². The van der Waals surface area contributed by atoms with E-state index in [1.165, 1.54) is 37.5 Å². The van der Waals surface area contributed by atoms with Crippen LogP contribution < -0.4 is 4.74 Å². The minimum atomic E-state index is -3.99. The summed E-state index contributed by atoms with van der Waals surface area (Å²) in [4.78, 5) is 4.95. The number of benzene rings is 1. The van der Waals surface area contributed by atoms with Gasteiger partial charge in [0.05, 0.1) is 36.5 Å². The van der Waals surface area contributed by atoms with Crippen LogP contribution >= 0.6 is 11.3 Å². The molecule has 0 aliphatic heterocycles. The fraction of sp³-hybridized carbons (Fsp3) is 0.474. The highest BCUT2D eigenvalue weighted by atomic mass is 32.2. The van der Waals surface area contributed by atoms with Gasteiger partial charge in [-0.25, -0.2) is 17.9 Å². The highest BCUT2D eigenvalue weighted by Crippen LogP contribution is 2.35. The first-order valence-corrected chi connectivity index (χ1v) is 11.6. The number of ether oxygens (including phenoxy) is 1. The van der Waals surface area contributed by atoms with E-state index in [1.807, 2.05) is 0 Å². The van der Waals surface area contributed by atoms with Crippen molar-refractivity contribution in [3.63, 3.8) is 0 Å². The molecule has 0 radical (unpaired) electrons. The number of hydrogen-bond donors (Lipinski definition) is 3. The van der Waals surface area contributed by atoms with Gasteiger partial charge in [0.15, 0.2) is 9.84 Å². The number of methoxy groups -OCH3 is 1. The number of aryl methyl sites for hydroxylation is 1. The third-order valence-corrected chi connectivity index (χ3v) is 7.73. The number of rotatable bonds is 7. The maximum absolute atomic E-state index is 13.0. The molecule has 11 heteroatoms. The summed E-state index contributed by atoms with van der Waals surface area (Å²) in [7, 11) is -2.64. The zero-order chi connectivity index (χ0) is 22.5. The molecule has 1 atom stereocenters. The first-order valence-electron chi connectivity index (χ1n) is 9.12. The van der Waals surface area contributed by atoms with Crippen LogP contribution in [0.15, 0.2) is 23.1 Å². The Hall–Kier alpha value is -2.05. The zero-order valence-corrected chi connectivity index (χ0v) is 19.0. The molecule has 3 rings (SSSR count). The van der Waals surface area contributed by atoms with Crippen molar-refractivity contribution in [1.29, 1.82) is 0 Å². The molecule has 30 heavy (non-hydrogen) atoms. The van der Waals surface area contributed by atoms with E-state index in [9.17, 15) is 23.7 Å². The van der Waals surface area contributed by atoms with Crippen molar-refractivity contribution in [1.82, 2.24) is 14.6 Å². The third-order valence-electron chi connectivity index (χ3n) is 4.51. The largest absolute Gasteiger partial charge is 0.495 e. The Morgan fingerprint density at radius 3 is 2.47 bits per heavy atom. The molecule has 0 saturated carbocycles. The van der Waals surface area contributed by atoms with Gasteiger partial charge in [0.2, 0.25) is 4.96 Å². The molecule has 1 aromatic carbocycles. The number of hydrogen-bond acceptors (Lipinski definition) is 9. The van der Waals surface area contributed by atoms with E-state index in [-0.39, 0.29) is 10.6 Å². The molecule has 0 amide bonds. The minimum Gasteiger partial charge on any atom is -0.495 e. The topological polar surface area (TPSA) is 134 Å². The fourth-order valence-electron chi connectivity index (χ4n) is 3.03. The van der Waals surface area contributed by atoms with Gasteiger partial charge in [0.25, 0.3) is 0 Å². The predicted octanol–water partition coefficient (Wildman–Crippen LogP) is 1.52. The van der Waals surface area contributed by atoms with Crippen molar-refractivity contribution in [2.24, 2.45) is 0 Å². The highest BCUT2D eigenvalue weighted by Gasteiger charge is 2.32. The van der Waals surface area contributed by atoms with Crippen LogP contribution in [-0.2, 0) is 15.4 Å². The lowest BCUT2D eigenvalue weighted by Gasteiger charge is -2.21. The summed E-state index contributed by atoms with van der Waals surface area (Å²) in [5.74, 6) is -0.544. The Bertz CT molecular complexity index is 1190. The molecule has 2 heterocycles. The lowest BCUT2D eigenvalue weighted by Crippen LogP contribution is -2.37. The Morgan fingerprint density at radius 2 is 1.90 bits per heavy atom. The normalized spacial score (nSPS) is 14.8. The second kappa shape index (κ2) is 7.57. The van der Waals surface area contributed by atoms with Crippen molar-refractivity contribution >= 4 is 26.1 Å². The van der Waals surface area contributed by atoms with Gasteiger partial charge in [-0.05, 0) is 45.9 Å². The van der Waals surface area contributed by atoms with E-state index >= 15 is 0 Å². The van der Waals surface area contributed by atoms with Gasteiger partial charge in [-0.15, -0.1) is 0 Å². The quantitative estimate of drug-likeness (QED) is 0.488. The zero-order valence-electron chi connectivity index (χ0n) is 17.4. The maximum Gasteiger partial charge on any atom is 0.213 e. The molecule has 0 aliphatic rings. The summed E-state index contributed by atoms with van der Waals surface area (Å²) < 4.78 is 32.7. The molecule has 9 nitrogen and oxygen atoms in total. The molecular formula is C19H25N3O6S2. The van der Waals surface area contributed by atoms with Gasteiger partial charge >= 0.3 is 0 Å². The van der Waals surface area contributed by atoms with Crippen LogP contribution in [0.2, 0.25) is 0 Å². The number of aromatic nitrogens is 3. The fourth-order valence-corrected chi connectivity index (χ4v) is 5.80. The average molecular weight is 456 g/mol. The Morgan fingerprint density at radius 1 is 1.23 bits per heavy atom. The van der Waals surface area contributed by atoms with Gasteiger partial charge in [-0.3, -0.25) is 0 Å². The average Bonchev–Trinajstić information content (AvgIpc) is 3.17. The Labute approximate surface area is 178 Å². The van der Waals surface area contributed by atoms with Crippen molar-refractivity contribution in [2.45, 2.75) is 43.8 Å². The summed E-state index contributed by atoms with van der Waals surface area (Å²) in [5.41, 5.74) is -1.16. The summed E-state index contributed by atoms with van der Waals surface area (Å²) in [6.07, 6.45) is 0. The molecule has 3 aromatic rings. The van der Waals surface area contributed by atoms with E-state index in [4.69, 9.17) is 4.74 Å². The standard InChI is InChI=1S/C19H25N3O6S2/c1-11-15(22-17(20-11)29-16(21-22)18(2,3)24)12-6-7-13(28-5)14(8-12)30(26,27)10-19(4,25)9-23/h6-8,23-25H,9-10H2,1-5H3. The van der Waals surface area contributed by atoms with Gasteiger partial charge in [-0.1, -0.05) is 11.3 Å². The molecule has 0 fully saturated rings. The van der Waals surface area contributed by atoms with Gasteiger partial charge < -0.3 is 20.1 Å². The summed E-state index contributed by atoms with van der Waals surface area (Å²) in [5, 5.41) is 34.6. The van der Waals surface area contributed by atoms with E-state index < -0.39 is 33.4 Å². The number of fused-ring (bicyclic) bond motifs is 1. The number of aliphatic hydroxyl groups excluding tert-OH is 1. The lowest BCUT2D eigenvalue weighted by atomic mass is 10.1. The second-order valence-corrected chi connectivity index (χ2v) is 10.9. The Kier molecular flexibility index (Phi) is 5.71. The molecule has 0 saturated heterocycles. The van der Waals surface area contributed by atoms with Crippen LogP contribution in [-0.4, -0.2) is 63.4 Å². The van der Waals surface area contributed by atoms with Gasteiger partial charge in [0, 0.05) is 5.56 Å². The summed E-state index contributed by atoms with van der Waals surface area (Å²) >= 11 is 1.25. The predicted molar refractivity (Wildman–Crippen MR) is 113 cm³/mol. The van der Waals surface area contributed by atoms with Gasteiger partial charge in [0.1, 0.15) is 21.3 Å². The van der Waals surface area contributed by atoms with Crippen LogP contribution in [0.3, 0.4) is 0 Å². The number of nitrogens with zero attached hydrogens (tertiary/aromatic N) is 3. The first kappa shape index (κ1) is 22.6. The van der Waals surface area contributed by atoms with Crippen LogP contribution in [0.5, 0.6) is 5.75 Å². The molecular weight excluding hydrogens is 430 g/mol. The molecule has 3 N–H and O–H groups in total. The molecule has 0 spiro atoms. The van der Waals surface area contributed by atoms with Crippen molar-refractivity contribution in [3.8, 4) is 17.0 Å². The molecule has 2 aromatic heterocycles. The monoisotopic (exact) mass is 455 g/mol. The van der Waals surface area contributed by atoms with E-state index in [1.54, 1.807) is 31.4 Å². The maximum atomic E-state index is 13.0. The lowest BCUT2D eigenvalue weighted by molar-refractivity contribution is 0.0211. The SMILES string of the molecule is COc1ccc(-c2c(C)nc3sc(C(C)(C)O)nn23)cc1S(=O)(=O)CC(C)(O)CO. The summed E-state index contributed by atoms with van der Waals surface area (Å²) in [6, 6.07) is 4.67. The van der Waals surface area contributed by atoms with Crippen LogP contribution in [0.4, 0.5) is 0 Å². The second-order valence-electron chi connectivity index (χ2n) is 7.99. The first-order chi connectivity index (χ1) is 13.8. The van der Waals surface area contributed by atoms with Crippen molar-refractivity contribution < 1.29 is 28.5 Å². The van der Waals surface area contributed by atoms with Gasteiger partial charge in [-0.2, -0.15) is 5.10 Å². The number of sulfone groups is 1. The smallest absolute Gasteiger partial charge is 0.213 e. The molecule has 164 valence electrons. The molecule has 0 aliphatic carbocycles. The van der Waals surface area contributed by atoms with Crippen molar-refractivity contribution in [2.75, 3.05) is 19.5 Å². The number of imidazole rings is 1. The number of aliphatic hydroxyl groups is 3. The van der Waals surface area contributed by atoms with E-state index in [0.29, 0.717) is 26.9 Å². The highest BCUT2D eigenvalue weighted by molar-refractivity contribution is 7.91. The molecule has 1 unspecified atom stereocenters. The molecule has 0 bridgehead atoms.